The number of aromatic nitrogens is 1. The van der Waals surface area contributed by atoms with Crippen molar-refractivity contribution < 1.29 is 19.6 Å². The van der Waals surface area contributed by atoms with E-state index in [1.54, 1.807) is 4.68 Å². The molecule has 122 valence electrons. The summed E-state index contributed by atoms with van der Waals surface area (Å²) in [5, 5.41) is 33.5. The lowest BCUT2D eigenvalue weighted by Gasteiger charge is -2.03. The second kappa shape index (κ2) is 7.01. The first-order chi connectivity index (χ1) is 11.4. The van der Waals surface area contributed by atoms with Crippen LogP contribution >= 0.6 is 0 Å². The number of nitro benzene ring substituents is 2. The Morgan fingerprint density at radius 2 is 1.58 bits per heavy atom. The van der Waals surface area contributed by atoms with Crippen molar-refractivity contribution in [2.24, 2.45) is 0 Å². The third-order valence-electron chi connectivity index (χ3n) is 3.06. The van der Waals surface area contributed by atoms with Crippen LogP contribution < -0.4 is 15.6 Å². The number of nitrogens with zero attached hydrogens (tertiary/aromatic N) is 3. The fourth-order valence-electron chi connectivity index (χ4n) is 1.91. The van der Waals surface area contributed by atoms with E-state index in [1.165, 1.54) is 5.39 Å². The quantitative estimate of drug-likeness (QED) is 0.326. The van der Waals surface area contributed by atoms with Gasteiger partial charge in [-0.3, -0.25) is 20.2 Å². The smallest absolute Gasteiger partial charge is 0.276 e. The minimum Gasteiger partial charge on any atom is -0.868 e. The van der Waals surface area contributed by atoms with Crippen LogP contribution in [0.5, 0.6) is 5.75 Å². The SMILES string of the molecule is N[n+]1ccc2ccccc2c1.O=[N+]([O-])c1ccc([O-])c([N+](=O)[O-])c1. The van der Waals surface area contributed by atoms with E-state index in [1.807, 2.05) is 36.7 Å². The number of nitrogens with two attached hydrogens (primary N) is 1. The molecule has 3 rings (SSSR count). The highest BCUT2D eigenvalue weighted by atomic mass is 16.6. The zero-order valence-electron chi connectivity index (χ0n) is 12.2. The van der Waals surface area contributed by atoms with Crippen LogP contribution in [0.25, 0.3) is 10.8 Å². The number of hydrogen-bond donors (Lipinski definition) is 1. The van der Waals surface area contributed by atoms with Crippen molar-refractivity contribution in [3.05, 3.63) is 81.2 Å². The molecule has 0 bridgehead atoms. The fourth-order valence-corrected chi connectivity index (χ4v) is 1.91. The molecule has 9 nitrogen and oxygen atoms in total. The van der Waals surface area contributed by atoms with Crippen LogP contribution in [-0.2, 0) is 0 Å². The maximum Gasteiger partial charge on any atom is 0.276 e. The van der Waals surface area contributed by atoms with Gasteiger partial charge in [0.05, 0.1) is 15.9 Å². The van der Waals surface area contributed by atoms with E-state index in [-0.39, 0.29) is 0 Å². The summed E-state index contributed by atoms with van der Waals surface area (Å²) in [4.78, 5) is 18.6. The first kappa shape index (κ1) is 16.6. The van der Waals surface area contributed by atoms with Gasteiger partial charge in [-0.1, -0.05) is 28.9 Å². The maximum atomic E-state index is 10.8. The Bertz CT molecular complexity index is 913. The van der Waals surface area contributed by atoms with Crippen LogP contribution in [0.3, 0.4) is 0 Å². The predicted octanol–water partition coefficient (Wildman–Crippen LogP) is 1.42. The molecule has 0 atom stereocenters. The van der Waals surface area contributed by atoms with E-state index < -0.39 is 27.0 Å². The third kappa shape index (κ3) is 3.91. The molecule has 0 aliphatic carbocycles. The number of benzene rings is 2. The number of pyridine rings is 1. The zero-order valence-corrected chi connectivity index (χ0v) is 12.2. The number of nitrogen functional groups attached to an aromatic ring is 1. The van der Waals surface area contributed by atoms with Crippen LogP contribution in [0.4, 0.5) is 11.4 Å². The number of nitro groups is 2. The molecule has 9 heteroatoms. The van der Waals surface area contributed by atoms with Crippen molar-refractivity contribution in [1.82, 2.24) is 0 Å². The van der Waals surface area contributed by atoms with Crippen LogP contribution in [0.2, 0.25) is 0 Å². The Hall–Kier alpha value is -3.75. The summed E-state index contributed by atoms with van der Waals surface area (Å²) in [6.07, 6.45) is 3.73. The Morgan fingerprint density at radius 3 is 2.21 bits per heavy atom. The van der Waals surface area contributed by atoms with E-state index in [2.05, 4.69) is 6.07 Å². The molecule has 1 aromatic heterocycles. The summed E-state index contributed by atoms with van der Waals surface area (Å²) >= 11 is 0. The van der Waals surface area contributed by atoms with Crippen molar-refractivity contribution in [2.75, 3.05) is 5.84 Å². The second-order valence-electron chi connectivity index (χ2n) is 4.69. The van der Waals surface area contributed by atoms with Crippen molar-refractivity contribution in [3.63, 3.8) is 0 Å². The summed E-state index contributed by atoms with van der Waals surface area (Å²) in [5.74, 6) is 4.70. The molecule has 0 amide bonds. The van der Waals surface area contributed by atoms with Crippen molar-refractivity contribution >= 4 is 22.1 Å². The molecule has 0 spiro atoms. The van der Waals surface area contributed by atoms with Crippen LogP contribution in [0.1, 0.15) is 0 Å². The molecular weight excluding hydrogens is 316 g/mol. The number of rotatable bonds is 2. The number of hydrogen-bond acceptors (Lipinski definition) is 6. The highest BCUT2D eigenvalue weighted by molar-refractivity contribution is 5.80. The van der Waals surface area contributed by atoms with Crippen molar-refractivity contribution in [2.45, 2.75) is 0 Å². The molecule has 0 radical (unpaired) electrons. The summed E-state index contributed by atoms with van der Waals surface area (Å²) < 4.78 is 1.56. The number of fused-ring (bicyclic) bond motifs is 1. The largest absolute Gasteiger partial charge is 0.868 e. The van der Waals surface area contributed by atoms with Gasteiger partial charge in [0.2, 0.25) is 6.20 Å². The number of non-ortho nitro benzene ring substituents is 1. The van der Waals surface area contributed by atoms with E-state index in [9.17, 15) is 25.3 Å². The third-order valence-corrected chi connectivity index (χ3v) is 3.06. The monoisotopic (exact) mass is 328 g/mol. The normalized spacial score (nSPS) is 9.83. The van der Waals surface area contributed by atoms with E-state index in [0.29, 0.717) is 6.07 Å². The van der Waals surface area contributed by atoms with Crippen LogP contribution in [0, 0.1) is 20.2 Å². The minimum absolute atomic E-state index is 0.466. The fraction of sp³-hybridized carbons (Fsp3) is 0. The predicted molar refractivity (Wildman–Crippen MR) is 83.5 cm³/mol. The van der Waals surface area contributed by atoms with Crippen LogP contribution in [0.15, 0.2) is 60.9 Å². The molecular formula is C15H12N4O5. The lowest BCUT2D eigenvalue weighted by molar-refractivity contribution is -0.637. The first-order valence-electron chi connectivity index (χ1n) is 6.63. The van der Waals surface area contributed by atoms with Crippen LogP contribution in [-0.4, -0.2) is 9.85 Å². The van der Waals surface area contributed by atoms with Gasteiger partial charge in [0.1, 0.15) is 0 Å². The molecule has 1 heterocycles. The van der Waals surface area contributed by atoms with E-state index in [4.69, 9.17) is 5.84 Å². The molecule has 2 aromatic carbocycles. The molecule has 0 aliphatic rings. The molecule has 0 saturated heterocycles. The maximum absolute atomic E-state index is 10.8. The average molecular weight is 328 g/mol. The molecule has 0 unspecified atom stereocenters. The van der Waals surface area contributed by atoms with Gasteiger partial charge in [-0.15, -0.1) is 0 Å². The second-order valence-corrected chi connectivity index (χ2v) is 4.69. The lowest BCUT2D eigenvalue weighted by atomic mass is 10.2. The van der Waals surface area contributed by atoms with E-state index in [0.717, 1.165) is 17.5 Å². The molecule has 0 saturated carbocycles. The van der Waals surface area contributed by atoms with Crippen molar-refractivity contribution in [3.8, 4) is 5.75 Å². The first-order valence-corrected chi connectivity index (χ1v) is 6.63. The molecule has 24 heavy (non-hydrogen) atoms. The standard InChI is InChI=1S/C9H9N2.C6H4N2O5/c10-11-6-5-8-3-1-2-4-9(8)7-11;9-6-2-1-4(7(10)11)3-5(6)8(12)13/h1-7H,10H2;1-3,9H/q+1;/p-1. The van der Waals surface area contributed by atoms with Gasteiger partial charge in [0.25, 0.3) is 11.4 Å². The highest BCUT2D eigenvalue weighted by Crippen LogP contribution is 2.27. The van der Waals surface area contributed by atoms with Gasteiger partial charge in [-0.2, -0.15) is 0 Å². The lowest BCUT2D eigenvalue weighted by Crippen LogP contribution is -2.43. The Labute approximate surface area is 135 Å². The Kier molecular flexibility index (Phi) is 4.85. The Balaban J connectivity index is 0.000000175. The Morgan fingerprint density at radius 1 is 0.917 bits per heavy atom. The highest BCUT2D eigenvalue weighted by Gasteiger charge is 2.13. The van der Waals surface area contributed by atoms with Gasteiger partial charge in [-0.25, -0.2) is 5.84 Å². The topological polar surface area (TPSA) is 139 Å². The summed E-state index contributed by atoms with van der Waals surface area (Å²) in [7, 11) is 0. The van der Waals surface area contributed by atoms with Gasteiger partial charge in [0, 0.05) is 17.5 Å². The van der Waals surface area contributed by atoms with Gasteiger partial charge in [0.15, 0.2) is 6.20 Å². The summed E-state index contributed by atoms with van der Waals surface area (Å²) in [6, 6.07) is 12.5. The molecule has 0 fully saturated rings. The molecule has 3 aromatic rings. The van der Waals surface area contributed by atoms with Gasteiger partial charge >= 0.3 is 0 Å². The summed E-state index contributed by atoms with van der Waals surface area (Å²) in [6.45, 7) is 0. The zero-order chi connectivity index (χ0) is 17.7. The van der Waals surface area contributed by atoms with Gasteiger partial charge in [-0.05, 0) is 17.2 Å². The van der Waals surface area contributed by atoms with Crippen molar-refractivity contribution in [1.29, 1.82) is 0 Å². The van der Waals surface area contributed by atoms with Gasteiger partial charge < -0.3 is 5.11 Å². The minimum atomic E-state index is -0.949. The average Bonchev–Trinajstić information content (AvgIpc) is 2.55. The van der Waals surface area contributed by atoms with E-state index >= 15 is 0 Å². The molecule has 0 aliphatic heterocycles. The summed E-state index contributed by atoms with van der Waals surface area (Å²) in [5.41, 5.74) is -1.25. The molecule has 2 N–H and O–H groups in total.